The number of ether oxygens (including phenoxy) is 2. The third-order valence-electron chi connectivity index (χ3n) is 3.08. The Bertz CT molecular complexity index is 600. The summed E-state index contributed by atoms with van der Waals surface area (Å²) in [6.07, 6.45) is 2.56. The molecular formula is C15H21NO6S. The van der Waals surface area contributed by atoms with Crippen molar-refractivity contribution in [2.24, 2.45) is 0 Å². The van der Waals surface area contributed by atoms with Gasteiger partial charge in [-0.1, -0.05) is 24.6 Å². The lowest BCUT2D eigenvalue weighted by molar-refractivity contribution is -0.139. The van der Waals surface area contributed by atoms with E-state index in [2.05, 4.69) is 5.32 Å². The standard InChI is InChI=1S/C8H13NO5S.C7H8O/c10-7(11)5-14-8(15(12)13)6-3-1-2-4-9-6;1-8-7-5-3-2-4-6-7/h6,9H,1-5H2,(H,10,11);2-6H,1H3. The van der Waals surface area contributed by atoms with E-state index in [1.807, 2.05) is 30.3 Å². The molecule has 1 aromatic rings. The van der Waals surface area contributed by atoms with Crippen LogP contribution in [0.2, 0.25) is 0 Å². The molecule has 1 fully saturated rings. The second kappa shape index (κ2) is 10.8. The Hall–Kier alpha value is -1.90. The fraction of sp³-hybridized carbons (Fsp3) is 0.467. The predicted molar refractivity (Wildman–Crippen MR) is 86.2 cm³/mol. The number of aliphatic carboxylic acids is 1. The molecule has 7 nitrogen and oxygen atoms in total. The molecule has 2 rings (SSSR count). The zero-order chi connectivity index (χ0) is 17.1. The van der Waals surface area contributed by atoms with Crippen LogP contribution in [0.4, 0.5) is 0 Å². The maximum atomic E-state index is 10.8. The van der Waals surface area contributed by atoms with Gasteiger partial charge in [-0.05, 0) is 31.5 Å². The van der Waals surface area contributed by atoms with Crippen LogP contribution in [0.25, 0.3) is 0 Å². The highest BCUT2D eigenvalue weighted by atomic mass is 32.2. The minimum absolute atomic E-state index is 0.197. The van der Waals surface area contributed by atoms with E-state index in [1.54, 1.807) is 7.11 Å². The third kappa shape index (κ3) is 7.78. The fourth-order valence-corrected chi connectivity index (χ4v) is 2.60. The largest absolute Gasteiger partial charge is 0.497 e. The summed E-state index contributed by atoms with van der Waals surface area (Å²) in [6, 6.07) is 9.30. The number of para-hydroxylation sites is 1. The Morgan fingerprint density at radius 1 is 1.30 bits per heavy atom. The highest BCUT2D eigenvalue weighted by molar-refractivity contribution is 7.72. The van der Waals surface area contributed by atoms with Crippen molar-refractivity contribution in [2.45, 2.75) is 25.3 Å². The van der Waals surface area contributed by atoms with E-state index in [4.69, 9.17) is 14.6 Å². The van der Waals surface area contributed by atoms with E-state index in [-0.39, 0.29) is 11.1 Å². The van der Waals surface area contributed by atoms with Gasteiger partial charge in [-0.15, -0.1) is 0 Å². The van der Waals surface area contributed by atoms with Crippen molar-refractivity contribution in [3.8, 4) is 5.75 Å². The molecule has 0 saturated carbocycles. The average molecular weight is 343 g/mol. The first kappa shape index (κ1) is 19.1. The van der Waals surface area contributed by atoms with Crippen LogP contribution in [0.1, 0.15) is 19.3 Å². The van der Waals surface area contributed by atoms with Crippen LogP contribution in [-0.2, 0) is 19.8 Å². The minimum Gasteiger partial charge on any atom is -0.497 e. The van der Waals surface area contributed by atoms with E-state index in [1.165, 1.54) is 0 Å². The summed E-state index contributed by atoms with van der Waals surface area (Å²) in [5, 5.41) is 11.2. The van der Waals surface area contributed by atoms with E-state index >= 15 is 0 Å². The molecule has 0 amide bonds. The molecule has 1 heterocycles. The molecule has 1 atom stereocenters. The number of hydrogen-bond acceptors (Lipinski definition) is 6. The summed E-state index contributed by atoms with van der Waals surface area (Å²) in [4.78, 5) is 10.2. The molecule has 1 unspecified atom stereocenters. The van der Waals surface area contributed by atoms with Crippen molar-refractivity contribution in [3.63, 3.8) is 0 Å². The number of carboxylic acids is 1. The van der Waals surface area contributed by atoms with Crippen molar-refractivity contribution >= 4 is 21.3 Å². The summed E-state index contributed by atoms with van der Waals surface area (Å²) in [6.45, 7) is 0.100. The van der Waals surface area contributed by atoms with Gasteiger partial charge < -0.3 is 19.9 Å². The zero-order valence-corrected chi connectivity index (χ0v) is 13.7. The highest BCUT2D eigenvalue weighted by Crippen LogP contribution is 2.08. The molecule has 0 radical (unpaired) electrons. The van der Waals surface area contributed by atoms with Crippen LogP contribution in [0, 0.1) is 0 Å². The van der Waals surface area contributed by atoms with Gasteiger partial charge in [-0.3, -0.25) is 0 Å². The Morgan fingerprint density at radius 2 is 2.00 bits per heavy atom. The monoisotopic (exact) mass is 343 g/mol. The van der Waals surface area contributed by atoms with Crippen LogP contribution >= 0.6 is 0 Å². The molecule has 128 valence electrons. The lowest BCUT2D eigenvalue weighted by Crippen LogP contribution is -2.42. The van der Waals surface area contributed by atoms with Crippen molar-refractivity contribution < 1.29 is 27.8 Å². The van der Waals surface area contributed by atoms with Gasteiger partial charge in [0.05, 0.1) is 13.2 Å². The van der Waals surface area contributed by atoms with Crippen LogP contribution in [0.5, 0.6) is 5.75 Å². The molecule has 0 aromatic heterocycles. The average Bonchev–Trinajstić information content (AvgIpc) is 2.57. The third-order valence-corrected chi connectivity index (χ3v) is 3.81. The Labute approximate surface area is 136 Å². The number of piperidine rings is 1. The van der Waals surface area contributed by atoms with Crippen LogP contribution in [-0.4, -0.2) is 50.8 Å². The fourth-order valence-electron chi connectivity index (χ4n) is 2.01. The van der Waals surface area contributed by atoms with Crippen molar-refractivity contribution in [3.05, 3.63) is 30.3 Å². The number of carbonyl (C=O) groups is 1. The zero-order valence-electron chi connectivity index (χ0n) is 12.9. The number of hydrogen-bond donors (Lipinski definition) is 2. The number of rotatable bonds is 4. The van der Waals surface area contributed by atoms with Crippen molar-refractivity contribution in [1.82, 2.24) is 5.32 Å². The lowest BCUT2D eigenvalue weighted by Gasteiger charge is -2.22. The number of nitrogens with one attached hydrogen (secondary N) is 1. The summed E-state index contributed by atoms with van der Waals surface area (Å²) in [7, 11) is -0.837. The molecule has 1 aliphatic heterocycles. The van der Waals surface area contributed by atoms with E-state index in [0.717, 1.165) is 25.1 Å². The molecule has 0 bridgehead atoms. The summed E-state index contributed by atoms with van der Waals surface area (Å²) in [5.41, 5.74) is 0. The van der Waals surface area contributed by atoms with Gasteiger partial charge in [0.15, 0.2) is 11.7 Å². The number of methoxy groups -OCH3 is 1. The van der Waals surface area contributed by atoms with Gasteiger partial charge in [0, 0.05) is 0 Å². The van der Waals surface area contributed by atoms with Crippen molar-refractivity contribution in [1.29, 1.82) is 0 Å². The van der Waals surface area contributed by atoms with Crippen LogP contribution in [0.15, 0.2) is 30.3 Å². The summed E-state index contributed by atoms with van der Waals surface area (Å²) < 4.78 is 31.3. The molecule has 0 aliphatic carbocycles. The molecule has 1 saturated heterocycles. The van der Waals surface area contributed by atoms with Gasteiger partial charge in [-0.25, -0.2) is 4.79 Å². The molecular weight excluding hydrogens is 322 g/mol. The maximum absolute atomic E-state index is 10.8. The highest BCUT2D eigenvalue weighted by Gasteiger charge is 2.21. The van der Waals surface area contributed by atoms with Gasteiger partial charge in [-0.2, -0.15) is 8.42 Å². The van der Waals surface area contributed by atoms with Gasteiger partial charge >= 0.3 is 5.97 Å². The lowest BCUT2D eigenvalue weighted by atomic mass is 10.1. The van der Waals surface area contributed by atoms with Gasteiger partial charge in [0.2, 0.25) is 10.3 Å². The maximum Gasteiger partial charge on any atom is 0.330 e. The van der Waals surface area contributed by atoms with Crippen LogP contribution < -0.4 is 10.1 Å². The topological polar surface area (TPSA) is 102 Å². The van der Waals surface area contributed by atoms with E-state index < -0.39 is 22.9 Å². The van der Waals surface area contributed by atoms with E-state index in [9.17, 15) is 13.2 Å². The smallest absolute Gasteiger partial charge is 0.330 e. The first-order valence-corrected chi connectivity index (χ1v) is 8.25. The molecule has 1 aromatic carbocycles. The SMILES string of the molecule is COc1ccccc1.O=C(O)COC(C1CCCCN1)=S(=O)=O. The first-order valence-electron chi connectivity index (χ1n) is 7.17. The first-order chi connectivity index (χ1) is 11.0. The number of benzene rings is 1. The minimum atomic E-state index is -2.50. The van der Waals surface area contributed by atoms with E-state index in [0.29, 0.717) is 6.42 Å². The molecule has 2 N–H and O–H groups in total. The summed E-state index contributed by atoms with van der Waals surface area (Å²) >= 11 is 0. The van der Waals surface area contributed by atoms with Gasteiger partial charge in [0.25, 0.3) is 0 Å². The molecule has 1 aliphatic rings. The molecule has 23 heavy (non-hydrogen) atoms. The normalized spacial score (nSPS) is 16.7. The second-order valence-corrected chi connectivity index (χ2v) is 5.63. The predicted octanol–water partition coefficient (Wildman–Crippen LogP) is 0.934. The Balaban J connectivity index is 0.000000277. The number of carboxylic acid groups (broad SMARTS) is 1. The second-order valence-electron chi connectivity index (χ2n) is 4.76. The Kier molecular flexibility index (Phi) is 8.96. The van der Waals surface area contributed by atoms with Crippen molar-refractivity contribution in [2.75, 3.05) is 20.3 Å². The molecule has 8 heteroatoms. The van der Waals surface area contributed by atoms with Gasteiger partial charge in [0.1, 0.15) is 5.75 Å². The molecule has 0 spiro atoms. The van der Waals surface area contributed by atoms with Crippen LogP contribution in [0.3, 0.4) is 0 Å². The summed E-state index contributed by atoms with van der Waals surface area (Å²) in [5.74, 6) is -0.277. The Morgan fingerprint density at radius 3 is 2.43 bits per heavy atom. The quantitative estimate of drug-likeness (QED) is 0.784.